The van der Waals surface area contributed by atoms with Crippen molar-refractivity contribution in [2.24, 2.45) is 0 Å². The Morgan fingerprint density at radius 1 is 1.21 bits per heavy atom. The van der Waals surface area contributed by atoms with E-state index in [1.54, 1.807) is 6.07 Å². The van der Waals surface area contributed by atoms with E-state index in [2.05, 4.69) is 15.5 Å². The number of nitrogens with one attached hydrogen (secondary N) is 1. The highest BCUT2D eigenvalue weighted by Crippen LogP contribution is 2.17. The van der Waals surface area contributed by atoms with Gasteiger partial charge in [0.2, 0.25) is 17.6 Å². The number of nitrogens with zero attached hydrogens (tertiary/aromatic N) is 2. The van der Waals surface area contributed by atoms with Crippen LogP contribution < -0.4 is 5.32 Å². The summed E-state index contributed by atoms with van der Waals surface area (Å²) in [6.45, 7) is 2.00. The summed E-state index contributed by atoms with van der Waals surface area (Å²) in [6, 6.07) is 13.5. The molecule has 122 valence electrons. The van der Waals surface area contributed by atoms with Gasteiger partial charge in [-0.1, -0.05) is 41.1 Å². The molecule has 0 aliphatic carbocycles. The van der Waals surface area contributed by atoms with Crippen LogP contribution in [-0.2, 0) is 11.2 Å². The average molecular weight is 325 g/mol. The van der Waals surface area contributed by atoms with Crippen molar-refractivity contribution in [1.82, 2.24) is 10.1 Å². The standard InChI is InChI=1S/C18H16FN3O2/c1-12-5-7-13(8-6-12)18-21-17(24-22-18)10-9-16(23)20-15-4-2-3-14(19)11-15/h2-8,11H,9-10H2,1H3,(H,20,23). The Balaban J connectivity index is 1.57. The lowest BCUT2D eigenvalue weighted by Gasteiger charge is -2.03. The van der Waals surface area contributed by atoms with E-state index in [9.17, 15) is 9.18 Å². The van der Waals surface area contributed by atoms with E-state index in [1.165, 1.54) is 18.2 Å². The number of carbonyl (C=O) groups excluding carboxylic acids is 1. The fraction of sp³-hybridized carbons (Fsp3) is 0.167. The molecule has 0 spiro atoms. The number of carbonyl (C=O) groups is 1. The normalized spacial score (nSPS) is 10.6. The zero-order chi connectivity index (χ0) is 16.9. The van der Waals surface area contributed by atoms with Gasteiger partial charge in [-0.3, -0.25) is 4.79 Å². The first-order valence-corrected chi connectivity index (χ1v) is 7.55. The molecular weight excluding hydrogens is 309 g/mol. The lowest BCUT2D eigenvalue weighted by molar-refractivity contribution is -0.116. The van der Waals surface area contributed by atoms with Crippen LogP contribution >= 0.6 is 0 Å². The highest BCUT2D eigenvalue weighted by atomic mass is 19.1. The first-order chi connectivity index (χ1) is 11.6. The Bertz CT molecular complexity index is 843. The molecule has 0 unspecified atom stereocenters. The summed E-state index contributed by atoms with van der Waals surface area (Å²) in [5, 5.41) is 6.55. The molecule has 24 heavy (non-hydrogen) atoms. The van der Waals surface area contributed by atoms with Crippen LogP contribution in [0.15, 0.2) is 53.1 Å². The monoisotopic (exact) mass is 325 g/mol. The summed E-state index contributed by atoms with van der Waals surface area (Å²) in [5.41, 5.74) is 2.43. The van der Waals surface area contributed by atoms with Crippen LogP contribution in [0.1, 0.15) is 17.9 Å². The SMILES string of the molecule is Cc1ccc(-c2noc(CCC(=O)Nc3cccc(F)c3)n2)cc1. The minimum atomic E-state index is -0.396. The van der Waals surface area contributed by atoms with Crippen molar-refractivity contribution in [3.8, 4) is 11.4 Å². The van der Waals surface area contributed by atoms with Crippen LogP contribution in [0.4, 0.5) is 10.1 Å². The molecule has 0 fully saturated rings. The van der Waals surface area contributed by atoms with Crippen molar-refractivity contribution < 1.29 is 13.7 Å². The van der Waals surface area contributed by atoms with Gasteiger partial charge in [0, 0.05) is 24.1 Å². The maximum absolute atomic E-state index is 13.1. The van der Waals surface area contributed by atoms with Crippen LogP contribution in [0.25, 0.3) is 11.4 Å². The highest BCUT2D eigenvalue weighted by Gasteiger charge is 2.11. The van der Waals surface area contributed by atoms with Gasteiger partial charge in [-0.2, -0.15) is 4.98 Å². The molecule has 0 aliphatic rings. The highest BCUT2D eigenvalue weighted by molar-refractivity contribution is 5.90. The molecule has 3 aromatic rings. The predicted octanol–water partition coefficient (Wildman–Crippen LogP) is 3.76. The molecule has 1 N–H and O–H groups in total. The van der Waals surface area contributed by atoms with Gasteiger partial charge in [-0.15, -0.1) is 0 Å². The van der Waals surface area contributed by atoms with Crippen molar-refractivity contribution in [2.45, 2.75) is 19.8 Å². The Morgan fingerprint density at radius 2 is 2.00 bits per heavy atom. The summed E-state index contributed by atoms with van der Waals surface area (Å²) in [6.07, 6.45) is 0.492. The van der Waals surface area contributed by atoms with Gasteiger partial charge in [0.1, 0.15) is 5.82 Å². The minimum Gasteiger partial charge on any atom is -0.339 e. The van der Waals surface area contributed by atoms with E-state index in [4.69, 9.17) is 4.52 Å². The Hall–Kier alpha value is -3.02. The molecular formula is C18H16FN3O2. The summed E-state index contributed by atoms with van der Waals surface area (Å²) in [7, 11) is 0. The first kappa shape index (κ1) is 15.9. The third-order valence-electron chi connectivity index (χ3n) is 3.45. The summed E-state index contributed by atoms with van der Waals surface area (Å²) < 4.78 is 18.2. The number of aryl methyl sites for hydroxylation is 2. The topological polar surface area (TPSA) is 68.0 Å². The van der Waals surface area contributed by atoms with Crippen LogP contribution in [0.5, 0.6) is 0 Å². The van der Waals surface area contributed by atoms with E-state index >= 15 is 0 Å². The maximum Gasteiger partial charge on any atom is 0.227 e. The molecule has 1 aromatic heterocycles. The Kier molecular flexibility index (Phi) is 4.65. The van der Waals surface area contributed by atoms with Crippen LogP contribution in [0.3, 0.4) is 0 Å². The zero-order valence-corrected chi connectivity index (χ0v) is 13.1. The second-order valence-electron chi connectivity index (χ2n) is 5.44. The fourth-order valence-electron chi connectivity index (χ4n) is 2.19. The fourth-order valence-corrected chi connectivity index (χ4v) is 2.19. The van der Waals surface area contributed by atoms with Gasteiger partial charge in [-0.25, -0.2) is 4.39 Å². The molecule has 0 saturated carbocycles. The average Bonchev–Trinajstić information content (AvgIpc) is 3.03. The van der Waals surface area contributed by atoms with E-state index in [0.29, 0.717) is 23.8 Å². The second kappa shape index (κ2) is 7.04. The number of hydrogen-bond acceptors (Lipinski definition) is 4. The van der Waals surface area contributed by atoms with Crippen molar-refractivity contribution in [3.63, 3.8) is 0 Å². The molecule has 0 aliphatic heterocycles. The third kappa shape index (κ3) is 4.04. The van der Waals surface area contributed by atoms with Gasteiger partial charge in [-0.05, 0) is 25.1 Å². The van der Waals surface area contributed by atoms with Crippen molar-refractivity contribution in [1.29, 1.82) is 0 Å². The quantitative estimate of drug-likeness (QED) is 0.775. The molecule has 5 nitrogen and oxygen atoms in total. The van der Waals surface area contributed by atoms with Gasteiger partial charge in [0.25, 0.3) is 0 Å². The number of anilines is 1. The minimum absolute atomic E-state index is 0.173. The number of amides is 1. The molecule has 0 atom stereocenters. The maximum atomic E-state index is 13.1. The van der Waals surface area contributed by atoms with E-state index < -0.39 is 5.82 Å². The van der Waals surface area contributed by atoms with E-state index in [1.807, 2.05) is 31.2 Å². The van der Waals surface area contributed by atoms with Gasteiger partial charge >= 0.3 is 0 Å². The van der Waals surface area contributed by atoms with Crippen molar-refractivity contribution in [3.05, 3.63) is 65.8 Å². The van der Waals surface area contributed by atoms with E-state index in [0.717, 1.165) is 11.1 Å². The first-order valence-electron chi connectivity index (χ1n) is 7.55. The molecule has 3 rings (SSSR count). The number of halogens is 1. The van der Waals surface area contributed by atoms with E-state index in [-0.39, 0.29) is 12.3 Å². The van der Waals surface area contributed by atoms with Crippen molar-refractivity contribution in [2.75, 3.05) is 5.32 Å². The number of rotatable bonds is 5. The number of aromatic nitrogens is 2. The Morgan fingerprint density at radius 3 is 2.75 bits per heavy atom. The summed E-state index contributed by atoms with van der Waals surface area (Å²) in [4.78, 5) is 16.2. The molecule has 0 radical (unpaired) electrons. The van der Waals surface area contributed by atoms with Gasteiger partial charge < -0.3 is 9.84 Å². The lowest BCUT2D eigenvalue weighted by atomic mass is 10.1. The number of hydrogen-bond donors (Lipinski definition) is 1. The smallest absolute Gasteiger partial charge is 0.227 e. The molecule has 2 aromatic carbocycles. The predicted molar refractivity (Wildman–Crippen MR) is 87.8 cm³/mol. The molecule has 1 heterocycles. The molecule has 0 saturated heterocycles. The molecule has 1 amide bonds. The van der Waals surface area contributed by atoms with Gasteiger partial charge in [0.15, 0.2) is 0 Å². The van der Waals surface area contributed by atoms with Crippen LogP contribution in [-0.4, -0.2) is 16.0 Å². The third-order valence-corrected chi connectivity index (χ3v) is 3.45. The Labute approximate surface area is 138 Å². The van der Waals surface area contributed by atoms with Crippen molar-refractivity contribution >= 4 is 11.6 Å². The summed E-state index contributed by atoms with van der Waals surface area (Å²) in [5.74, 6) is 0.249. The van der Waals surface area contributed by atoms with Crippen LogP contribution in [0, 0.1) is 12.7 Å². The molecule has 0 bridgehead atoms. The second-order valence-corrected chi connectivity index (χ2v) is 5.44. The summed E-state index contributed by atoms with van der Waals surface area (Å²) >= 11 is 0. The largest absolute Gasteiger partial charge is 0.339 e. The lowest BCUT2D eigenvalue weighted by Crippen LogP contribution is -2.12. The van der Waals surface area contributed by atoms with Gasteiger partial charge in [0.05, 0.1) is 0 Å². The van der Waals surface area contributed by atoms with Crippen LogP contribution in [0.2, 0.25) is 0 Å². The number of benzene rings is 2. The molecule has 6 heteroatoms. The zero-order valence-electron chi connectivity index (χ0n) is 13.1.